The second-order valence-electron chi connectivity index (χ2n) is 4.80. The highest BCUT2D eigenvalue weighted by molar-refractivity contribution is 5.77. The molecular formula is C14H19N3O2. The Balaban J connectivity index is 1.82. The molecule has 0 saturated carbocycles. The molecule has 0 aliphatic carbocycles. The monoisotopic (exact) mass is 261 g/mol. The zero-order valence-corrected chi connectivity index (χ0v) is 11.1. The van der Waals surface area contributed by atoms with Crippen molar-refractivity contribution < 1.29 is 9.21 Å². The number of hydrogen-bond acceptors (Lipinski definition) is 4. The number of fused-ring (bicyclic) bond motifs is 1. The number of oxazole rings is 1. The van der Waals surface area contributed by atoms with Gasteiger partial charge >= 0.3 is 0 Å². The van der Waals surface area contributed by atoms with Gasteiger partial charge < -0.3 is 15.5 Å². The lowest BCUT2D eigenvalue weighted by Crippen LogP contribution is -2.31. The first-order valence-corrected chi connectivity index (χ1v) is 6.48. The van der Waals surface area contributed by atoms with Gasteiger partial charge in [-0.25, -0.2) is 4.98 Å². The van der Waals surface area contributed by atoms with Gasteiger partial charge in [0.25, 0.3) is 0 Å². The highest BCUT2D eigenvalue weighted by Gasteiger charge is 2.06. The average molecular weight is 261 g/mol. The van der Waals surface area contributed by atoms with Crippen LogP contribution in [0.4, 0.5) is 0 Å². The summed E-state index contributed by atoms with van der Waals surface area (Å²) in [5.41, 5.74) is 8.17. The minimum atomic E-state index is 0.0537. The maximum Gasteiger partial charge on any atom is 0.220 e. The van der Waals surface area contributed by atoms with E-state index in [1.807, 2.05) is 25.1 Å². The number of hydrogen-bond donors (Lipinski definition) is 2. The second kappa shape index (κ2) is 6.33. The molecule has 1 atom stereocenters. The van der Waals surface area contributed by atoms with Gasteiger partial charge in [-0.2, -0.15) is 0 Å². The summed E-state index contributed by atoms with van der Waals surface area (Å²) in [4.78, 5) is 15.7. The minimum Gasteiger partial charge on any atom is -0.443 e. The summed E-state index contributed by atoms with van der Waals surface area (Å²) in [7, 11) is 0. The van der Waals surface area contributed by atoms with Crippen LogP contribution in [0.15, 0.2) is 29.0 Å². The van der Waals surface area contributed by atoms with Gasteiger partial charge in [0.1, 0.15) is 5.52 Å². The lowest BCUT2D eigenvalue weighted by atomic mass is 10.1. The van der Waals surface area contributed by atoms with Crippen LogP contribution >= 0.6 is 0 Å². The molecule has 0 aliphatic heterocycles. The largest absolute Gasteiger partial charge is 0.443 e. The number of carbonyl (C=O) groups is 1. The van der Waals surface area contributed by atoms with Gasteiger partial charge in [0, 0.05) is 13.0 Å². The average Bonchev–Trinajstić information content (AvgIpc) is 2.89. The van der Waals surface area contributed by atoms with E-state index in [1.54, 1.807) is 0 Å². The van der Waals surface area contributed by atoms with Crippen LogP contribution in [0.25, 0.3) is 11.1 Å². The van der Waals surface area contributed by atoms with Gasteiger partial charge in [-0.3, -0.25) is 4.79 Å². The van der Waals surface area contributed by atoms with Gasteiger partial charge in [0.05, 0.1) is 0 Å². The van der Waals surface area contributed by atoms with Crippen LogP contribution < -0.4 is 11.1 Å². The molecule has 2 rings (SSSR count). The van der Waals surface area contributed by atoms with Crippen molar-refractivity contribution in [1.82, 2.24) is 10.3 Å². The first-order valence-electron chi connectivity index (χ1n) is 6.48. The molecule has 1 amide bonds. The van der Waals surface area contributed by atoms with E-state index in [4.69, 9.17) is 10.2 Å². The number of rotatable bonds is 6. The minimum absolute atomic E-state index is 0.0537. The van der Waals surface area contributed by atoms with Crippen molar-refractivity contribution in [2.45, 2.75) is 19.8 Å². The Morgan fingerprint density at radius 2 is 2.37 bits per heavy atom. The van der Waals surface area contributed by atoms with E-state index in [9.17, 15) is 4.79 Å². The van der Waals surface area contributed by atoms with Crippen LogP contribution in [0.1, 0.15) is 18.9 Å². The van der Waals surface area contributed by atoms with E-state index in [0.29, 0.717) is 31.8 Å². The molecule has 1 heterocycles. The molecule has 5 nitrogen and oxygen atoms in total. The summed E-state index contributed by atoms with van der Waals surface area (Å²) in [5, 5.41) is 2.88. The number of nitrogens with two attached hydrogens (primary N) is 1. The molecule has 1 aromatic heterocycles. The normalized spacial score (nSPS) is 12.5. The Morgan fingerprint density at radius 1 is 1.53 bits per heavy atom. The van der Waals surface area contributed by atoms with Crippen molar-refractivity contribution in [3.8, 4) is 0 Å². The van der Waals surface area contributed by atoms with Gasteiger partial charge in [-0.15, -0.1) is 0 Å². The third-order valence-corrected chi connectivity index (χ3v) is 3.09. The molecule has 0 radical (unpaired) electrons. The molecule has 3 N–H and O–H groups in total. The predicted octanol–water partition coefficient (Wildman–Crippen LogP) is 1.47. The van der Waals surface area contributed by atoms with Crippen LogP contribution in [-0.2, 0) is 11.2 Å². The highest BCUT2D eigenvalue weighted by Crippen LogP contribution is 2.15. The summed E-state index contributed by atoms with van der Waals surface area (Å²) < 4.78 is 5.23. The van der Waals surface area contributed by atoms with Crippen molar-refractivity contribution in [3.63, 3.8) is 0 Å². The van der Waals surface area contributed by atoms with Crippen molar-refractivity contribution in [2.75, 3.05) is 13.1 Å². The van der Waals surface area contributed by atoms with E-state index >= 15 is 0 Å². The molecule has 1 aromatic carbocycles. The number of aryl methyl sites for hydroxylation is 1. The molecule has 2 aromatic rings. The smallest absolute Gasteiger partial charge is 0.220 e. The summed E-state index contributed by atoms with van der Waals surface area (Å²) in [6.07, 6.45) is 2.59. The number of benzene rings is 1. The molecule has 0 aliphatic rings. The SMILES string of the molecule is CC(CN)CNC(=O)CCc1ccc2ncoc2c1. The third-order valence-electron chi connectivity index (χ3n) is 3.09. The predicted molar refractivity (Wildman–Crippen MR) is 73.6 cm³/mol. The number of aromatic nitrogens is 1. The first kappa shape index (κ1) is 13.5. The standard InChI is InChI=1S/C14H19N3O2/c1-10(7-15)8-16-14(18)5-3-11-2-4-12-13(6-11)19-9-17-12/h2,4,6,9-10H,3,5,7-8,15H2,1H3,(H,16,18). The molecule has 5 heteroatoms. The lowest BCUT2D eigenvalue weighted by Gasteiger charge is -2.09. The zero-order valence-electron chi connectivity index (χ0n) is 11.1. The number of carbonyl (C=O) groups excluding carboxylic acids is 1. The van der Waals surface area contributed by atoms with Crippen LogP contribution in [-0.4, -0.2) is 24.0 Å². The summed E-state index contributed by atoms with van der Waals surface area (Å²) >= 11 is 0. The third kappa shape index (κ3) is 3.79. The fourth-order valence-electron chi connectivity index (χ4n) is 1.77. The Bertz CT molecular complexity index is 550. The molecule has 0 saturated heterocycles. The topological polar surface area (TPSA) is 81.1 Å². The fourth-order valence-corrected chi connectivity index (χ4v) is 1.77. The molecule has 19 heavy (non-hydrogen) atoms. The maximum atomic E-state index is 11.7. The second-order valence-corrected chi connectivity index (χ2v) is 4.80. The van der Waals surface area contributed by atoms with Crippen molar-refractivity contribution in [2.24, 2.45) is 11.7 Å². The maximum absolute atomic E-state index is 11.7. The van der Waals surface area contributed by atoms with Crippen LogP contribution in [0.2, 0.25) is 0 Å². The zero-order chi connectivity index (χ0) is 13.7. The Hall–Kier alpha value is -1.88. The summed E-state index contributed by atoms with van der Waals surface area (Å²) in [5.74, 6) is 0.368. The van der Waals surface area contributed by atoms with E-state index in [2.05, 4.69) is 10.3 Å². The molecule has 0 spiro atoms. The van der Waals surface area contributed by atoms with Gasteiger partial charge in [-0.1, -0.05) is 13.0 Å². The fraction of sp³-hybridized carbons (Fsp3) is 0.429. The van der Waals surface area contributed by atoms with Crippen LogP contribution in [0.5, 0.6) is 0 Å². The Morgan fingerprint density at radius 3 is 3.16 bits per heavy atom. The highest BCUT2D eigenvalue weighted by atomic mass is 16.3. The van der Waals surface area contributed by atoms with E-state index in [1.165, 1.54) is 6.39 Å². The summed E-state index contributed by atoms with van der Waals surface area (Å²) in [6.45, 7) is 3.23. The van der Waals surface area contributed by atoms with Crippen LogP contribution in [0, 0.1) is 5.92 Å². The van der Waals surface area contributed by atoms with Gasteiger partial charge in [-0.05, 0) is 36.6 Å². The van der Waals surface area contributed by atoms with Crippen LogP contribution in [0.3, 0.4) is 0 Å². The van der Waals surface area contributed by atoms with Crippen molar-refractivity contribution in [3.05, 3.63) is 30.2 Å². The quantitative estimate of drug-likeness (QED) is 0.825. The van der Waals surface area contributed by atoms with Crippen molar-refractivity contribution in [1.29, 1.82) is 0 Å². The Labute approximate surface area is 112 Å². The van der Waals surface area contributed by atoms with Gasteiger partial charge in [0.15, 0.2) is 12.0 Å². The number of amides is 1. The van der Waals surface area contributed by atoms with E-state index in [-0.39, 0.29) is 5.91 Å². The number of nitrogens with one attached hydrogen (secondary N) is 1. The lowest BCUT2D eigenvalue weighted by molar-refractivity contribution is -0.121. The first-order chi connectivity index (χ1) is 9.19. The van der Waals surface area contributed by atoms with Gasteiger partial charge in [0.2, 0.25) is 5.91 Å². The molecule has 0 fully saturated rings. The molecule has 0 bridgehead atoms. The van der Waals surface area contributed by atoms with Crippen molar-refractivity contribution >= 4 is 17.0 Å². The van der Waals surface area contributed by atoms with E-state index < -0.39 is 0 Å². The molecule has 1 unspecified atom stereocenters. The molecule has 102 valence electrons. The number of nitrogens with zero attached hydrogens (tertiary/aromatic N) is 1. The summed E-state index contributed by atoms with van der Waals surface area (Å²) in [6, 6.07) is 5.81. The Kier molecular flexibility index (Phi) is 4.52. The van der Waals surface area contributed by atoms with E-state index in [0.717, 1.165) is 16.7 Å². The molecular weight excluding hydrogens is 242 g/mol.